The van der Waals surface area contributed by atoms with E-state index in [0.29, 0.717) is 12.2 Å². The molecule has 0 aliphatic heterocycles. The monoisotopic (exact) mass is 383 g/mol. The van der Waals surface area contributed by atoms with Gasteiger partial charge in [0.05, 0.1) is 5.69 Å². The lowest BCUT2D eigenvalue weighted by molar-refractivity contribution is 0.0948. The molecule has 3 rings (SSSR count). The molecule has 0 spiro atoms. The Balaban J connectivity index is 1.60. The largest absolute Gasteiger partial charge is 0.350 e. The molecule has 5 heteroatoms. The van der Waals surface area contributed by atoms with Gasteiger partial charge in [0, 0.05) is 17.2 Å². The molecule has 0 saturated heterocycles. The lowest BCUT2D eigenvalue weighted by Crippen LogP contribution is -2.26. The van der Waals surface area contributed by atoms with Crippen molar-refractivity contribution in [2.45, 2.75) is 13.3 Å². The van der Waals surface area contributed by atoms with Crippen LogP contribution in [0.5, 0.6) is 0 Å². The Morgan fingerprint density at radius 1 is 1.17 bits per heavy atom. The summed E-state index contributed by atoms with van der Waals surface area (Å²) < 4.78 is 2.67. The molecule has 0 aliphatic carbocycles. The van der Waals surface area contributed by atoms with Gasteiger partial charge >= 0.3 is 0 Å². The van der Waals surface area contributed by atoms with Gasteiger partial charge in [-0.25, -0.2) is 4.68 Å². The van der Waals surface area contributed by atoms with Crippen molar-refractivity contribution in [3.63, 3.8) is 0 Å². The number of benzene rings is 2. The molecular weight excluding hydrogens is 366 g/mol. The van der Waals surface area contributed by atoms with E-state index >= 15 is 0 Å². The highest BCUT2D eigenvalue weighted by Crippen LogP contribution is 2.15. The van der Waals surface area contributed by atoms with Crippen LogP contribution in [-0.4, -0.2) is 22.2 Å². The second-order valence-electron chi connectivity index (χ2n) is 5.62. The molecule has 0 unspecified atom stereocenters. The molecule has 1 heterocycles. The van der Waals surface area contributed by atoms with Gasteiger partial charge in [0.2, 0.25) is 0 Å². The number of nitrogens with one attached hydrogen (secondary N) is 1. The highest BCUT2D eigenvalue weighted by Gasteiger charge is 2.09. The number of carbonyl (C=O) groups excluding carboxylic acids is 1. The summed E-state index contributed by atoms with van der Waals surface area (Å²) >= 11 is 3.44. The van der Waals surface area contributed by atoms with E-state index in [1.54, 1.807) is 16.9 Å². The van der Waals surface area contributed by atoms with Crippen LogP contribution in [0.4, 0.5) is 0 Å². The van der Waals surface area contributed by atoms with Crippen LogP contribution in [0.1, 0.15) is 21.6 Å². The summed E-state index contributed by atoms with van der Waals surface area (Å²) in [6.07, 6.45) is 2.59. The number of aryl methyl sites for hydroxylation is 1. The first-order chi connectivity index (χ1) is 11.6. The fraction of sp³-hybridized carbons (Fsp3) is 0.158. The predicted octanol–water partition coefficient (Wildman–Crippen LogP) is 3.92. The molecule has 0 fully saturated rings. The average Bonchev–Trinajstić information content (AvgIpc) is 3.05. The van der Waals surface area contributed by atoms with Gasteiger partial charge in [-0.15, -0.1) is 0 Å². The fourth-order valence-electron chi connectivity index (χ4n) is 2.49. The van der Waals surface area contributed by atoms with E-state index in [2.05, 4.69) is 51.5 Å². The van der Waals surface area contributed by atoms with E-state index in [-0.39, 0.29) is 5.91 Å². The lowest BCUT2D eigenvalue weighted by Gasteiger charge is -2.05. The Kier molecular flexibility index (Phi) is 5.11. The van der Waals surface area contributed by atoms with E-state index in [1.807, 2.05) is 30.3 Å². The van der Waals surface area contributed by atoms with Gasteiger partial charge in [-0.1, -0.05) is 51.8 Å². The quantitative estimate of drug-likeness (QED) is 0.725. The summed E-state index contributed by atoms with van der Waals surface area (Å²) in [5, 5.41) is 7.26. The summed E-state index contributed by atoms with van der Waals surface area (Å²) in [6, 6.07) is 17.8. The summed E-state index contributed by atoms with van der Waals surface area (Å²) in [5.41, 5.74) is 3.77. The first kappa shape index (κ1) is 16.5. The molecule has 1 N–H and O–H groups in total. The minimum absolute atomic E-state index is 0.156. The SMILES string of the molecule is Cc1cccc(CCNC(=O)c2ccn(-c3cccc(Br)c3)n2)c1. The summed E-state index contributed by atoms with van der Waals surface area (Å²) in [4.78, 5) is 12.2. The maximum atomic E-state index is 12.2. The first-order valence-electron chi connectivity index (χ1n) is 7.77. The number of carbonyl (C=O) groups is 1. The first-order valence-corrected chi connectivity index (χ1v) is 8.56. The second-order valence-corrected chi connectivity index (χ2v) is 6.54. The topological polar surface area (TPSA) is 46.9 Å². The third-order valence-electron chi connectivity index (χ3n) is 3.68. The number of hydrogen-bond acceptors (Lipinski definition) is 2. The van der Waals surface area contributed by atoms with Crippen molar-refractivity contribution >= 4 is 21.8 Å². The molecule has 0 aliphatic rings. The van der Waals surface area contributed by atoms with Crippen LogP contribution >= 0.6 is 15.9 Å². The number of halogens is 1. The van der Waals surface area contributed by atoms with Crippen molar-refractivity contribution in [3.05, 3.63) is 82.1 Å². The van der Waals surface area contributed by atoms with Crippen LogP contribution in [0, 0.1) is 6.92 Å². The fourth-order valence-corrected chi connectivity index (χ4v) is 2.87. The van der Waals surface area contributed by atoms with E-state index < -0.39 is 0 Å². The van der Waals surface area contributed by atoms with Gasteiger partial charge in [0.15, 0.2) is 5.69 Å². The Morgan fingerprint density at radius 2 is 2.00 bits per heavy atom. The van der Waals surface area contributed by atoms with Crippen LogP contribution in [0.3, 0.4) is 0 Å². The molecule has 1 amide bonds. The summed E-state index contributed by atoms with van der Waals surface area (Å²) in [5.74, 6) is -0.156. The van der Waals surface area contributed by atoms with Crippen LogP contribution in [0.15, 0.2) is 65.3 Å². The molecule has 0 radical (unpaired) electrons. The summed E-state index contributed by atoms with van der Waals surface area (Å²) in [7, 11) is 0. The minimum atomic E-state index is -0.156. The molecule has 4 nitrogen and oxygen atoms in total. The number of rotatable bonds is 5. The maximum absolute atomic E-state index is 12.2. The lowest BCUT2D eigenvalue weighted by atomic mass is 10.1. The number of amides is 1. The zero-order chi connectivity index (χ0) is 16.9. The van der Waals surface area contributed by atoms with Crippen LogP contribution in [0.25, 0.3) is 5.69 Å². The Morgan fingerprint density at radius 3 is 2.79 bits per heavy atom. The molecular formula is C19H18BrN3O. The van der Waals surface area contributed by atoms with Gasteiger partial charge in [-0.05, 0) is 43.2 Å². The molecule has 0 atom stereocenters. The predicted molar refractivity (Wildman–Crippen MR) is 98.5 cm³/mol. The van der Waals surface area contributed by atoms with Crippen molar-refractivity contribution in [2.24, 2.45) is 0 Å². The number of nitrogens with zero attached hydrogens (tertiary/aromatic N) is 2. The average molecular weight is 384 g/mol. The van der Waals surface area contributed by atoms with Crippen molar-refractivity contribution < 1.29 is 4.79 Å². The molecule has 2 aromatic carbocycles. The molecule has 1 aromatic heterocycles. The minimum Gasteiger partial charge on any atom is -0.350 e. The van der Waals surface area contributed by atoms with Crippen LogP contribution in [-0.2, 0) is 6.42 Å². The molecule has 122 valence electrons. The molecule has 24 heavy (non-hydrogen) atoms. The van der Waals surface area contributed by atoms with E-state index in [0.717, 1.165) is 16.6 Å². The molecule has 0 saturated carbocycles. The van der Waals surface area contributed by atoms with Crippen molar-refractivity contribution in [2.75, 3.05) is 6.54 Å². The normalized spacial score (nSPS) is 10.6. The van der Waals surface area contributed by atoms with E-state index in [9.17, 15) is 4.79 Å². The van der Waals surface area contributed by atoms with Gasteiger partial charge in [-0.2, -0.15) is 5.10 Å². The Labute approximate surface area is 149 Å². The standard InChI is InChI=1S/C19H18BrN3O/c1-14-4-2-5-15(12-14)8-10-21-19(24)18-9-11-23(22-18)17-7-3-6-16(20)13-17/h2-7,9,11-13H,8,10H2,1H3,(H,21,24). The van der Waals surface area contributed by atoms with Crippen LogP contribution < -0.4 is 5.32 Å². The van der Waals surface area contributed by atoms with E-state index in [1.165, 1.54) is 11.1 Å². The van der Waals surface area contributed by atoms with Gasteiger partial charge in [0.25, 0.3) is 5.91 Å². The van der Waals surface area contributed by atoms with Crippen molar-refractivity contribution in [3.8, 4) is 5.69 Å². The smallest absolute Gasteiger partial charge is 0.271 e. The molecule has 0 bridgehead atoms. The van der Waals surface area contributed by atoms with Gasteiger partial charge in [0.1, 0.15) is 0 Å². The van der Waals surface area contributed by atoms with Gasteiger partial charge in [-0.3, -0.25) is 4.79 Å². The Bertz CT molecular complexity index is 857. The zero-order valence-corrected chi connectivity index (χ0v) is 15.0. The third kappa shape index (κ3) is 4.11. The summed E-state index contributed by atoms with van der Waals surface area (Å²) in [6.45, 7) is 2.66. The van der Waals surface area contributed by atoms with Crippen molar-refractivity contribution in [1.82, 2.24) is 15.1 Å². The highest BCUT2D eigenvalue weighted by molar-refractivity contribution is 9.10. The molecule has 3 aromatic rings. The van der Waals surface area contributed by atoms with E-state index in [4.69, 9.17) is 0 Å². The van der Waals surface area contributed by atoms with Gasteiger partial charge < -0.3 is 5.32 Å². The number of aromatic nitrogens is 2. The number of hydrogen-bond donors (Lipinski definition) is 1. The Hall–Kier alpha value is -2.40. The zero-order valence-electron chi connectivity index (χ0n) is 13.4. The van der Waals surface area contributed by atoms with Crippen LogP contribution in [0.2, 0.25) is 0 Å². The van der Waals surface area contributed by atoms with Crippen molar-refractivity contribution in [1.29, 1.82) is 0 Å². The highest BCUT2D eigenvalue weighted by atomic mass is 79.9. The maximum Gasteiger partial charge on any atom is 0.271 e. The second kappa shape index (κ2) is 7.45. The third-order valence-corrected chi connectivity index (χ3v) is 4.17.